The van der Waals surface area contributed by atoms with Crippen LogP contribution in [-0.2, 0) is 0 Å². The minimum atomic E-state index is 0.432. The molecule has 90 valence electrons. The molecule has 2 aromatic rings. The molecule has 2 aromatic carbocycles. The van der Waals surface area contributed by atoms with E-state index in [4.69, 9.17) is 11.8 Å². The van der Waals surface area contributed by atoms with Crippen LogP contribution in [0.25, 0.3) is 4.85 Å². The molecule has 0 aliphatic carbocycles. The summed E-state index contributed by atoms with van der Waals surface area (Å²) in [4.78, 5) is 3.35. The first-order valence-corrected chi connectivity index (χ1v) is 5.47. The van der Waals surface area contributed by atoms with Gasteiger partial charge in [-0.2, -0.15) is 5.26 Å². The highest BCUT2D eigenvalue weighted by Crippen LogP contribution is 2.27. The highest BCUT2D eigenvalue weighted by atomic mass is 15.4. The molecular formula is C14H9N5. The van der Waals surface area contributed by atoms with Gasteiger partial charge in [0, 0.05) is 0 Å². The van der Waals surface area contributed by atoms with Gasteiger partial charge < -0.3 is 0 Å². The molecule has 0 aromatic heterocycles. The van der Waals surface area contributed by atoms with Gasteiger partial charge in [0.1, 0.15) is 6.07 Å². The third-order valence-electron chi connectivity index (χ3n) is 2.38. The van der Waals surface area contributed by atoms with Crippen molar-refractivity contribution in [2.45, 2.75) is 0 Å². The van der Waals surface area contributed by atoms with Crippen molar-refractivity contribution in [3.63, 3.8) is 0 Å². The maximum atomic E-state index is 8.91. The Morgan fingerprint density at radius 3 is 2.63 bits per heavy atom. The highest BCUT2D eigenvalue weighted by Gasteiger charge is 2.00. The molecule has 0 fully saturated rings. The summed E-state index contributed by atoms with van der Waals surface area (Å²) >= 11 is 0. The molecule has 19 heavy (non-hydrogen) atoms. The van der Waals surface area contributed by atoms with Crippen molar-refractivity contribution in [1.29, 1.82) is 5.26 Å². The Labute approximate surface area is 110 Å². The first kappa shape index (κ1) is 12.3. The summed E-state index contributed by atoms with van der Waals surface area (Å²) in [6.45, 7) is 7.01. The van der Waals surface area contributed by atoms with Crippen LogP contribution in [0.3, 0.4) is 0 Å². The van der Waals surface area contributed by atoms with Crippen molar-refractivity contribution in [2.75, 3.05) is 5.43 Å². The lowest BCUT2D eigenvalue weighted by Crippen LogP contribution is -1.89. The summed E-state index contributed by atoms with van der Waals surface area (Å²) in [5, 5.41) is 16.7. The molecule has 0 aliphatic heterocycles. The average Bonchev–Trinajstić information content (AvgIpc) is 2.48. The summed E-state index contributed by atoms with van der Waals surface area (Å²) in [6.07, 6.45) is 0. The minimum Gasteiger partial charge on any atom is -0.259 e. The summed E-state index contributed by atoms with van der Waals surface area (Å²) in [5.41, 5.74) is 4.68. The van der Waals surface area contributed by atoms with Gasteiger partial charge >= 0.3 is 0 Å². The quantitative estimate of drug-likeness (QED) is 0.501. The monoisotopic (exact) mass is 247 g/mol. The molecule has 0 spiro atoms. The molecule has 5 nitrogen and oxygen atoms in total. The van der Waals surface area contributed by atoms with Crippen molar-refractivity contribution in [3.05, 3.63) is 65.5 Å². The molecule has 0 saturated heterocycles. The summed E-state index contributed by atoms with van der Waals surface area (Å²) in [6, 6.07) is 16.0. The summed E-state index contributed by atoms with van der Waals surface area (Å²) in [7, 11) is 0. The van der Waals surface area contributed by atoms with Gasteiger partial charge in [-0.05, 0) is 18.2 Å². The number of hydrogen-bond donors (Lipinski definition) is 1. The zero-order valence-corrected chi connectivity index (χ0v) is 9.91. The van der Waals surface area contributed by atoms with Crippen LogP contribution in [-0.4, -0.2) is 0 Å². The van der Waals surface area contributed by atoms with Crippen molar-refractivity contribution >= 4 is 17.1 Å². The lowest BCUT2D eigenvalue weighted by Gasteiger charge is -2.01. The van der Waals surface area contributed by atoms with Crippen LogP contribution in [0.15, 0.2) is 58.9 Å². The van der Waals surface area contributed by atoms with Crippen LogP contribution in [0, 0.1) is 17.9 Å². The van der Waals surface area contributed by atoms with Crippen molar-refractivity contribution in [2.24, 2.45) is 10.3 Å². The number of nitriles is 1. The maximum Gasteiger partial charge on any atom is 0.214 e. The second-order valence-corrected chi connectivity index (χ2v) is 3.57. The predicted octanol–water partition coefficient (Wildman–Crippen LogP) is 4.22. The lowest BCUT2D eigenvalue weighted by molar-refractivity contribution is 1.13. The molecular weight excluding hydrogens is 238 g/mol. The molecule has 5 heteroatoms. The zero-order valence-electron chi connectivity index (χ0n) is 9.91. The lowest BCUT2D eigenvalue weighted by atomic mass is 10.2. The predicted molar refractivity (Wildman–Crippen MR) is 72.0 cm³/mol. The Morgan fingerprint density at radius 2 is 1.84 bits per heavy atom. The number of nitrogens with one attached hydrogen (secondary N) is 1. The molecule has 1 N–H and O–H groups in total. The van der Waals surface area contributed by atoms with Gasteiger partial charge in [-0.3, -0.25) is 5.43 Å². The van der Waals surface area contributed by atoms with Gasteiger partial charge in [0.25, 0.3) is 0 Å². The van der Waals surface area contributed by atoms with E-state index in [1.165, 1.54) is 0 Å². The van der Waals surface area contributed by atoms with Crippen LogP contribution >= 0.6 is 0 Å². The standard InChI is InChI=1S/C14H9N5/c1-16-13-8-4-5-9-14(13)18-19-17-12-7-3-2-6-11(12)10-15/h2-9H,(H,17,18). The van der Waals surface area contributed by atoms with Gasteiger partial charge in [0.2, 0.25) is 5.69 Å². The molecule has 0 aliphatic rings. The molecule has 0 heterocycles. The maximum absolute atomic E-state index is 8.91. The second-order valence-electron chi connectivity index (χ2n) is 3.57. The third-order valence-corrected chi connectivity index (χ3v) is 2.38. The number of anilines is 1. The van der Waals surface area contributed by atoms with Gasteiger partial charge in [0.05, 0.1) is 23.5 Å². The summed E-state index contributed by atoms with van der Waals surface area (Å²) < 4.78 is 0. The first-order valence-electron chi connectivity index (χ1n) is 5.47. The van der Waals surface area contributed by atoms with Gasteiger partial charge in [-0.1, -0.05) is 35.6 Å². The fourth-order valence-electron chi connectivity index (χ4n) is 1.45. The highest BCUT2D eigenvalue weighted by molar-refractivity contribution is 5.65. The fourth-order valence-corrected chi connectivity index (χ4v) is 1.45. The molecule has 0 saturated carbocycles. The number of benzene rings is 2. The van der Waals surface area contributed by atoms with E-state index in [9.17, 15) is 0 Å². The van der Waals surface area contributed by atoms with Crippen molar-refractivity contribution < 1.29 is 0 Å². The van der Waals surface area contributed by atoms with Crippen LogP contribution in [0.5, 0.6) is 0 Å². The van der Waals surface area contributed by atoms with E-state index < -0.39 is 0 Å². The van der Waals surface area contributed by atoms with Crippen molar-refractivity contribution in [3.8, 4) is 6.07 Å². The largest absolute Gasteiger partial charge is 0.259 e. The topological polar surface area (TPSA) is 64.9 Å². The average molecular weight is 247 g/mol. The van der Waals surface area contributed by atoms with Gasteiger partial charge in [-0.15, -0.1) is 5.11 Å². The number of nitrogens with zero attached hydrogens (tertiary/aromatic N) is 4. The molecule has 2 rings (SSSR count). The Bertz CT molecular complexity index is 691. The molecule has 0 unspecified atom stereocenters. The molecule has 0 radical (unpaired) electrons. The molecule has 0 bridgehead atoms. The summed E-state index contributed by atoms with van der Waals surface area (Å²) in [5.74, 6) is 0. The Hall–Kier alpha value is -3.18. The Balaban J connectivity index is 2.17. The minimum absolute atomic E-state index is 0.432. The second kappa shape index (κ2) is 5.95. The van der Waals surface area contributed by atoms with Gasteiger partial charge in [-0.25, -0.2) is 4.85 Å². The van der Waals surface area contributed by atoms with Gasteiger partial charge in [0.15, 0.2) is 0 Å². The van der Waals surface area contributed by atoms with E-state index in [0.29, 0.717) is 22.6 Å². The third kappa shape index (κ3) is 2.93. The smallest absolute Gasteiger partial charge is 0.214 e. The number of hydrogen-bond acceptors (Lipinski definition) is 3. The van der Waals surface area contributed by atoms with Crippen LogP contribution in [0.1, 0.15) is 5.56 Å². The first-order chi connectivity index (χ1) is 9.35. The number of rotatable bonds is 3. The molecule has 0 atom stereocenters. The van der Waals surface area contributed by atoms with E-state index in [0.717, 1.165) is 0 Å². The number of para-hydroxylation sites is 2. The van der Waals surface area contributed by atoms with E-state index in [1.807, 2.05) is 0 Å². The van der Waals surface area contributed by atoms with E-state index in [2.05, 4.69) is 26.7 Å². The molecule has 0 amide bonds. The zero-order chi connectivity index (χ0) is 13.5. The van der Waals surface area contributed by atoms with E-state index in [1.54, 1.807) is 48.5 Å². The Morgan fingerprint density at radius 1 is 1.11 bits per heavy atom. The van der Waals surface area contributed by atoms with Crippen molar-refractivity contribution in [1.82, 2.24) is 0 Å². The van der Waals surface area contributed by atoms with Crippen LogP contribution in [0.4, 0.5) is 17.1 Å². The van der Waals surface area contributed by atoms with E-state index in [-0.39, 0.29) is 0 Å². The normalized spacial score (nSPS) is 9.79. The van der Waals surface area contributed by atoms with E-state index >= 15 is 0 Å². The Kier molecular flexibility index (Phi) is 3.84. The van der Waals surface area contributed by atoms with Crippen LogP contribution in [0.2, 0.25) is 0 Å². The fraction of sp³-hybridized carbons (Fsp3) is 0. The van der Waals surface area contributed by atoms with Crippen LogP contribution < -0.4 is 5.43 Å². The SMILES string of the molecule is [C-]#[N+]c1ccccc1N=NNc1ccccc1C#N.